The van der Waals surface area contributed by atoms with Gasteiger partial charge < -0.3 is 9.84 Å². The Morgan fingerprint density at radius 3 is 2.48 bits per heavy atom. The van der Waals surface area contributed by atoms with Crippen molar-refractivity contribution in [2.45, 2.75) is 0 Å². The number of ether oxygens (including phenoxy) is 1. The number of hydrogen-bond donors (Lipinski definition) is 1. The minimum absolute atomic E-state index is 0.00780. The van der Waals surface area contributed by atoms with Crippen LogP contribution >= 0.6 is 15.9 Å². The fourth-order valence-corrected chi connectivity index (χ4v) is 2.94. The van der Waals surface area contributed by atoms with Gasteiger partial charge in [0, 0.05) is 10.0 Å². The van der Waals surface area contributed by atoms with Crippen molar-refractivity contribution < 1.29 is 14.6 Å². The molecule has 7 heteroatoms. The lowest BCUT2D eigenvalue weighted by molar-refractivity contribution is 0.0689. The number of carboxylic acids is 1. The minimum atomic E-state index is -1.25. The third-order valence-electron chi connectivity index (χ3n) is 3.64. The van der Waals surface area contributed by atoms with Gasteiger partial charge in [0.1, 0.15) is 17.4 Å². The van der Waals surface area contributed by atoms with Gasteiger partial charge >= 0.3 is 5.97 Å². The molecule has 0 aliphatic carbocycles. The van der Waals surface area contributed by atoms with Crippen molar-refractivity contribution in [1.82, 2.24) is 9.78 Å². The monoisotopic (exact) mass is 397 g/mol. The molecule has 0 radical (unpaired) electrons. The van der Waals surface area contributed by atoms with Crippen LogP contribution in [0.1, 0.15) is 16.1 Å². The Hall–Kier alpha value is -3.11. The third-order valence-corrected chi connectivity index (χ3v) is 4.31. The maximum atomic E-state index is 11.5. The van der Waals surface area contributed by atoms with E-state index in [9.17, 15) is 15.2 Å². The van der Waals surface area contributed by atoms with Crippen molar-refractivity contribution >= 4 is 21.9 Å². The van der Waals surface area contributed by atoms with Gasteiger partial charge in [0.2, 0.25) is 0 Å². The number of nitrogens with zero attached hydrogens (tertiary/aromatic N) is 3. The van der Waals surface area contributed by atoms with Crippen LogP contribution in [0.4, 0.5) is 0 Å². The van der Waals surface area contributed by atoms with Gasteiger partial charge in [0.15, 0.2) is 5.69 Å². The van der Waals surface area contributed by atoms with Crippen LogP contribution in [0.25, 0.3) is 16.9 Å². The minimum Gasteiger partial charge on any atom is -0.497 e. The molecule has 25 heavy (non-hydrogen) atoms. The first-order valence-corrected chi connectivity index (χ1v) is 8.02. The Bertz CT molecular complexity index is 988. The zero-order chi connectivity index (χ0) is 18.0. The zero-order valence-corrected chi connectivity index (χ0v) is 14.7. The van der Waals surface area contributed by atoms with E-state index in [1.807, 2.05) is 24.3 Å². The molecule has 1 N–H and O–H groups in total. The number of carbonyl (C=O) groups is 1. The van der Waals surface area contributed by atoms with Gasteiger partial charge in [-0.1, -0.05) is 12.1 Å². The number of benzene rings is 2. The average molecular weight is 398 g/mol. The Morgan fingerprint density at radius 1 is 1.24 bits per heavy atom. The highest BCUT2D eigenvalue weighted by atomic mass is 79.9. The van der Waals surface area contributed by atoms with Gasteiger partial charge in [-0.3, -0.25) is 0 Å². The normalized spacial score (nSPS) is 10.3. The number of aromatic nitrogens is 2. The van der Waals surface area contributed by atoms with Gasteiger partial charge in [-0.2, -0.15) is 10.4 Å². The molecule has 0 bridgehead atoms. The molecule has 2 aromatic carbocycles. The van der Waals surface area contributed by atoms with E-state index in [1.165, 1.54) is 4.68 Å². The molecule has 0 saturated carbocycles. The van der Waals surface area contributed by atoms with Crippen molar-refractivity contribution in [3.63, 3.8) is 0 Å². The number of halogens is 1. The largest absolute Gasteiger partial charge is 0.497 e. The first-order valence-electron chi connectivity index (χ1n) is 7.22. The van der Waals surface area contributed by atoms with Crippen LogP contribution < -0.4 is 4.74 Å². The molecule has 0 amide bonds. The lowest BCUT2D eigenvalue weighted by Crippen LogP contribution is -2.03. The van der Waals surface area contributed by atoms with E-state index in [0.29, 0.717) is 22.7 Å². The highest BCUT2D eigenvalue weighted by Crippen LogP contribution is 2.32. The Kier molecular flexibility index (Phi) is 4.55. The van der Waals surface area contributed by atoms with Gasteiger partial charge in [-0.15, -0.1) is 0 Å². The quantitative estimate of drug-likeness (QED) is 0.721. The molecule has 3 aromatic rings. The van der Waals surface area contributed by atoms with Crippen LogP contribution in [0.2, 0.25) is 0 Å². The second-order valence-electron chi connectivity index (χ2n) is 5.08. The predicted octanol–water partition coefficient (Wildman–Crippen LogP) is 3.88. The Morgan fingerprint density at radius 2 is 1.92 bits per heavy atom. The fraction of sp³-hybridized carbons (Fsp3) is 0.0556. The maximum Gasteiger partial charge on any atom is 0.357 e. The second kappa shape index (κ2) is 6.79. The van der Waals surface area contributed by atoms with Gasteiger partial charge in [-0.25, -0.2) is 9.48 Å². The third kappa shape index (κ3) is 2.99. The van der Waals surface area contributed by atoms with Crippen molar-refractivity contribution in [3.05, 3.63) is 64.3 Å². The molecule has 0 unspecified atom stereocenters. The lowest BCUT2D eigenvalue weighted by atomic mass is 10.1. The van der Waals surface area contributed by atoms with Crippen LogP contribution in [0.3, 0.4) is 0 Å². The van der Waals surface area contributed by atoms with Crippen LogP contribution in [0.5, 0.6) is 5.75 Å². The maximum absolute atomic E-state index is 11.5. The average Bonchev–Trinajstić information content (AvgIpc) is 3.01. The van der Waals surface area contributed by atoms with Crippen molar-refractivity contribution in [3.8, 4) is 28.8 Å². The van der Waals surface area contributed by atoms with E-state index in [0.717, 1.165) is 4.47 Å². The molecule has 0 aliphatic heterocycles. The number of para-hydroxylation sites is 1. The number of rotatable bonds is 4. The highest BCUT2D eigenvalue weighted by molar-refractivity contribution is 9.10. The smallest absolute Gasteiger partial charge is 0.357 e. The molecule has 0 saturated heterocycles. The summed E-state index contributed by atoms with van der Waals surface area (Å²) in [4.78, 5) is 11.5. The molecule has 0 spiro atoms. The molecular weight excluding hydrogens is 386 g/mol. The molecule has 0 aliphatic rings. The first kappa shape index (κ1) is 16.7. The first-order chi connectivity index (χ1) is 12.1. The van der Waals surface area contributed by atoms with E-state index >= 15 is 0 Å². The summed E-state index contributed by atoms with van der Waals surface area (Å²) in [6.45, 7) is 0. The van der Waals surface area contributed by atoms with Gasteiger partial charge in [0.25, 0.3) is 0 Å². The highest BCUT2D eigenvalue weighted by Gasteiger charge is 2.25. The topological polar surface area (TPSA) is 88.1 Å². The summed E-state index contributed by atoms with van der Waals surface area (Å²) in [6, 6.07) is 16.2. The molecule has 124 valence electrons. The summed E-state index contributed by atoms with van der Waals surface area (Å²) >= 11 is 3.44. The Balaban J connectivity index is 2.33. The van der Waals surface area contributed by atoms with E-state index in [1.54, 1.807) is 37.4 Å². The van der Waals surface area contributed by atoms with Gasteiger partial charge in [-0.05, 0) is 52.3 Å². The lowest BCUT2D eigenvalue weighted by Gasteiger charge is -2.10. The summed E-state index contributed by atoms with van der Waals surface area (Å²) < 4.78 is 7.35. The SMILES string of the molecule is COc1ccc(-c2c(C#N)c(C(=O)O)nn2-c2ccccc2Br)cc1. The summed E-state index contributed by atoms with van der Waals surface area (Å²) in [7, 11) is 1.56. The van der Waals surface area contributed by atoms with Crippen molar-refractivity contribution in [2.75, 3.05) is 7.11 Å². The van der Waals surface area contributed by atoms with Crippen LogP contribution in [0.15, 0.2) is 53.0 Å². The molecule has 6 nitrogen and oxygen atoms in total. The van der Waals surface area contributed by atoms with E-state index in [-0.39, 0.29) is 11.3 Å². The number of aromatic carboxylic acids is 1. The molecule has 1 heterocycles. The fourth-order valence-electron chi connectivity index (χ4n) is 2.49. The van der Waals surface area contributed by atoms with Crippen LogP contribution in [-0.2, 0) is 0 Å². The summed E-state index contributed by atoms with van der Waals surface area (Å²) in [5.74, 6) is -0.593. The molecule has 3 rings (SSSR count). The standard InChI is InChI=1S/C18H12BrN3O3/c1-25-12-8-6-11(7-9-12)17-13(10-20)16(18(23)24)21-22(17)15-5-3-2-4-14(15)19/h2-9H,1H3,(H,23,24). The van der Waals surface area contributed by atoms with Crippen molar-refractivity contribution in [2.24, 2.45) is 0 Å². The summed E-state index contributed by atoms with van der Waals surface area (Å²) in [6.07, 6.45) is 0. The zero-order valence-electron chi connectivity index (χ0n) is 13.1. The number of nitriles is 1. The van der Waals surface area contributed by atoms with E-state index in [4.69, 9.17) is 4.74 Å². The summed E-state index contributed by atoms with van der Waals surface area (Å²) in [5, 5.41) is 23.1. The van der Waals surface area contributed by atoms with E-state index < -0.39 is 5.97 Å². The van der Waals surface area contributed by atoms with E-state index in [2.05, 4.69) is 21.0 Å². The summed E-state index contributed by atoms with van der Waals surface area (Å²) in [5.41, 5.74) is 1.43. The number of carboxylic acid groups (broad SMARTS) is 1. The number of methoxy groups -OCH3 is 1. The van der Waals surface area contributed by atoms with Crippen LogP contribution in [-0.4, -0.2) is 28.0 Å². The predicted molar refractivity (Wildman–Crippen MR) is 94.9 cm³/mol. The van der Waals surface area contributed by atoms with Gasteiger partial charge in [0.05, 0.1) is 18.5 Å². The van der Waals surface area contributed by atoms with Crippen LogP contribution in [0, 0.1) is 11.3 Å². The second-order valence-corrected chi connectivity index (χ2v) is 5.94. The molecule has 0 atom stereocenters. The van der Waals surface area contributed by atoms with Crippen molar-refractivity contribution in [1.29, 1.82) is 5.26 Å². The Labute approximate surface area is 152 Å². The molecule has 1 aromatic heterocycles. The molecule has 0 fully saturated rings. The number of hydrogen-bond acceptors (Lipinski definition) is 4. The molecular formula is C18H12BrN3O3.